The largest absolute Gasteiger partial charge is 0.422 e. The normalized spacial score (nSPS) is 13.6. The lowest BCUT2D eigenvalue weighted by Crippen LogP contribution is -2.35. The average molecular weight is 415 g/mol. The van der Waals surface area contributed by atoms with Crippen LogP contribution in [-0.4, -0.2) is 38.8 Å². The number of hydrogen-bond donors (Lipinski definition) is 0. The molecule has 1 aliphatic rings. The molecule has 0 N–H and O–H groups in total. The number of ether oxygens (including phenoxy) is 1. The van der Waals surface area contributed by atoms with Crippen molar-refractivity contribution < 1.29 is 19.4 Å². The summed E-state index contributed by atoms with van der Waals surface area (Å²) < 4.78 is 5.41. The number of carbonyl (C=O) groups is 1. The van der Waals surface area contributed by atoms with Gasteiger partial charge in [0.2, 0.25) is 0 Å². The summed E-state index contributed by atoms with van der Waals surface area (Å²) in [5.74, 6) is -0.804. The lowest BCUT2D eigenvalue weighted by Gasteiger charge is -2.29. The van der Waals surface area contributed by atoms with E-state index in [1.54, 1.807) is 24.3 Å². The zero-order valence-corrected chi connectivity index (χ0v) is 16.1. The molecule has 0 aliphatic carbocycles. The van der Waals surface area contributed by atoms with Crippen molar-refractivity contribution in [3.05, 3.63) is 73.8 Å². The number of nitro groups is 2. The molecule has 1 fully saturated rings. The number of esters is 1. The number of piperidine rings is 1. The number of non-ortho nitro benzene ring substituents is 1. The van der Waals surface area contributed by atoms with E-state index in [4.69, 9.17) is 17.0 Å². The van der Waals surface area contributed by atoms with Crippen molar-refractivity contribution in [2.45, 2.75) is 19.3 Å². The molecule has 1 aliphatic heterocycles. The molecule has 0 radical (unpaired) electrons. The molecule has 3 rings (SSSR count). The van der Waals surface area contributed by atoms with Crippen LogP contribution in [0.2, 0.25) is 0 Å². The fraction of sp³-hybridized carbons (Fsp3) is 0.263. The van der Waals surface area contributed by atoms with E-state index in [0.717, 1.165) is 50.6 Å². The van der Waals surface area contributed by atoms with E-state index >= 15 is 0 Å². The highest BCUT2D eigenvalue weighted by Crippen LogP contribution is 2.28. The molecule has 29 heavy (non-hydrogen) atoms. The third-order valence-electron chi connectivity index (χ3n) is 4.57. The number of nitrogens with zero attached hydrogens (tertiary/aromatic N) is 3. The van der Waals surface area contributed by atoms with Crippen LogP contribution in [0.3, 0.4) is 0 Å². The Bertz CT molecular complexity index is 988. The Labute approximate surface area is 171 Å². The van der Waals surface area contributed by atoms with Crippen LogP contribution in [0.1, 0.15) is 35.2 Å². The minimum Gasteiger partial charge on any atom is -0.422 e. The molecule has 0 bridgehead atoms. The predicted octanol–water partition coefficient (Wildman–Crippen LogP) is 3.88. The van der Waals surface area contributed by atoms with Crippen LogP contribution in [-0.2, 0) is 0 Å². The molecule has 1 heterocycles. The van der Waals surface area contributed by atoms with Gasteiger partial charge in [0.05, 0.1) is 21.5 Å². The Morgan fingerprint density at radius 3 is 2.31 bits per heavy atom. The minimum atomic E-state index is -0.986. The maximum Gasteiger partial charge on any atom is 0.350 e. The molecule has 2 aromatic rings. The first-order valence-electron chi connectivity index (χ1n) is 8.92. The molecular weight excluding hydrogens is 398 g/mol. The third kappa shape index (κ3) is 4.54. The first-order valence-corrected chi connectivity index (χ1v) is 9.32. The Kier molecular flexibility index (Phi) is 6.13. The summed E-state index contributed by atoms with van der Waals surface area (Å²) in [7, 11) is 0. The van der Waals surface area contributed by atoms with Crippen molar-refractivity contribution in [3.63, 3.8) is 0 Å². The van der Waals surface area contributed by atoms with Crippen molar-refractivity contribution in [2.24, 2.45) is 0 Å². The van der Waals surface area contributed by atoms with Gasteiger partial charge >= 0.3 is 5.97 Å². The lowest BCUT2D eigenvalue weighted by atomic mass is 10.1. The number of rotatable bonds is 5. The minimum absolute atomic E-state index is 0.181. The standard InChI is InChI=1S/C19H17N3O6S/c23-19(14-9-8-13(21(24)25)12-16(14)22(26)27)28-17-7-3-2-6-15(17)18(29)20-10-4-1-5-11-20/h2-3,6-9,12H,1,4-5,10-11H2. The maximum atomic E-state index is 12.6. The van der Waals surface area contributed by atoms with Gasteiger partial charge in [0.1, 0.15) is 16.3 Å². The lowest BCUT2D eigenvalue weighted by molar-refractivity contribution is -0.394. The van der Waals surface area contributed by atoms with Crippen LogP contribution < -0.4 is 4.74 Å². The summed E-state index contributed by atoms with van der Waals surface area (Å²) in [4.78, 5) is 35.7. The van der Waals surface area contributed by atoms with Crippen LogP contribution in [0.4, 0.5) is 11.4 Å². The SMILES string of the molecule is O=C(Oc1ccccc1C(=S)N1CCCCC1)c1ccc([N+](=O)[O-])cc1[N+](=O)[O-]. The average Bonchev–Trinajstić information content (AvgIpc) is 2.73. The number of carbonyl (C=O) groups excluding carboxylic acids is 1. The first-order chi connectivity index (χ1) is 13.9. The van der Waals surface area contributed by atoms with Gasteiger partial charge < -0.3 is 9.64 Å². The van der Waals surface area contributed by atoms with Gasteiger partial charge in [-0.05, 0) is 37.5 Å². The van der Waals surface area contributed by atoms with E-state index in [9.17, 15) is 25.0 Å². The second-order valence-corrected chi connectivity index (χ2v) is 6.84. The van der Waals surface area contributed by atoms with Gasteiger partial charge in [-0.2, -0.15) is 0 Å². The number of thiocarbonyl (C=S) groups is 1. The highest BCUT2D eigenvalue weighted by atomic mass is 32.1. The van der Waals surface area contributed by atoms with Gasteiger partial charge in [-0.15, -0.1) is 0 Å². The summed E-state index contributed by atoms with van der Waals surface area (Å²) in [6.07, 6.45) is 3.19. The van der Waals surface area contributed by atoms with Crippen LogP contribution in [0.15, 0.2) is 42.5 Å². The van der Waals surface area contributed by atoms with E-state index < -0.39 is 27.2 Å². The maximum absolute atomic E-state index is 12.6. The van der Waals surface area contributed by atoms with Crippen molar-refractivity contribution in [1.82, 2.24) is 4.90 Å². The second kappa shape index (κ2) is 8.74. The van der Waals surface area contributed by atoms with E-state index in [1.807, 2.05) is 4.90 Å². The van der Waals surface area contributed by atoms with Crippen molar-refractivity contribution in [1.29, 1.82) is 0 Å². The molecule has 0 spiro atoms. The van der Waals surface area contributed by atoms with Gasteiger partial charge in [0.15, 0.2) is 0 Å². The molecule has 150 valence electrons. The molecule has 0 aromatic heterocycles. The third-order valence-corrected chi connectivity index (χ3v) is 5.05. The predicted molar refractivity (Wildman–Crippen MR) is 108 cm³/mol. The molecule has 0 unspecified atom stereocenters. The Morgan fingerprint density at radius 1 is 0.966 bits per heavy atom. The summed E-state index contributed by atoms with van der Waals surface area (Å²) in [6.45, 7) is 1.63. The van der Waals surface area contributed by atoms with Gasteiger partial charge in [-0.3, -0.25) is 20.2 Å². The molecule has 1 saturated heterocycles. The molecule has 10 heteroatoms. The van der Waals surface area contributed by atoms with E-state index in [0.29, 0.717) is 10.6 Å². The van der Waals surface area contributed by atoms with Gasteiger partial charge in [0, 0.05) is 19.2 Å². The monoisotopic (exact) mass is 415 g/mol. The van der Waals surface area contributed by atoms with E-state index in [2.05, 4.69) is 0 Å². The summed E-state index contributed by atoms with van der Waals surface area (Å²) in [5, 5.41) is 22.1. The van der Waals surface area contributed by atoms with Crippen LogP contribution in [0.5, 0.6) is 5.75 Å². The van der Waals surface area contributed by atoms with E-state index in [-0.39, 0.29) is 11.3 Å². The fourth-order valence-electron chi connectivity index (χ4n) is 3.11. The Hall–Kier alpha value is -3.40. The Morgan fingerprint density at radius 2 is 1.66 bits per heavy atom. The van der Waals surface area contributed by atoms with Crippen molar-refractivity contribution in [3.8, 4) is 5.75 Å². The molecule has 9 nitrogen and oxygen atoms in total. The highest BCUT2D eigenvalue weighted by Gasteiger charge is 2.27. The summed E-state index contributed by atoms with van der Waals surface area (Å²) >= 11 is 5.56. The zero-order valence-electron chi connectivity index (χ0n) is 15.3. The number of para-hydroxylation sites is 1. The van der Waals surface area contributed by atoms with Gasteiger partial charge in [-0.1, -0.05) is 24.4 Å². The number of hydrogen-bond acceptors (Lipinski definition) is 7. The molecule has 0 saturated carbocycles. The molecule has 0 atom stereocenters. The van der Waals surface area contributed by atoms with Crippen LogP contribution >= 0.6 is 12.2 Å². The van der Waals surface area contributed by atoms with Crippen molar-refractivity contribution >= 4 is 34.6 Å². The molecule has 2 aromatic carbocycles. The number of likely N-dealkylation sites (tertiary alicyclic amines) is 1. The number of benzene rings is 2. The second-order valence-electron chi connectivity index (χ2n) is 6.45. The highest BCUT2D eigenvalue weighted by molar-refractivity contribution is 7.80. The smallest absolute Gasteiger partial charge is 0.350 e. The van der Waals surface area contributed by atoms with E-state index in [1.165, 1.54) is 0 Å². The first kappa shape index (κ1) is 20.3. The summed E-state index contributed by atoms with van der Waals surface area (Å²) in [5.41, 5.74) is -1.01. The number of nitro benzene ring substituents is 2. The quantitative estimate of drug-likeness (QED) is 0.237. The van der Waals surface area contributed by atoms with Crippen LogP contribution in [0.25, 0.3) is 0 Å². The van der Waals surface area contributed by atoms with Crippen molar-refractivity contribution in [2.75, 3.05) is 13.1 Å². The Balaban J connectivity index is 1.89. The fourth-order valence-corrected chi connectivity index (χ4v) is 3.46. The molecule has 0 amide bonds. The molecular formula is C19H17N3O6S. The van der Waals surface area contributed by atoms with Gasteiger partial charge in [0.25, 0.3) is 11.4 Å². The summed E-state index contributed by atoms with van der Waals surface area (Å²) in [6, 6.07) is 9.48. The van der Waals surface area contributed by atoms with Gasteiger partial charge in [-0.25, -0.2) is 4.79 Å². The zero-order chi connectivity index (χ0) is 21.0. The van der Waals surface area contributed by atoms with Crippen LogP contribution in [0, 0.1) is 20.2 Å². The topological polar surface area (TPSA) is 116 Å².